The van der Waals surface area contributed by atoms with Gasteiger partial charge in [0.2, 0.25) is 0 Å². The van der Waals surface area contributed by atoms with Crippen molar-refractivity contribution in [2.45, 2.75) is 26.3 Å². The van der Waals surface area contributed by atoms with Crippen molar-refractivity contribution in [1.82, 2.24) is 5.32 Å². The zero-order valence-corrected chi connectivity index (χ0v) is 12.3. The standard InChI is InChI=1S/C15H18BrNO/c1-3-17-15(14-7-8-18-11(14)2)10-12-5-4-6-13(16)9-12/h4-9,15,17H,3,10H2,1-2H3. The van der Waals surface area contributed by atoms with E-state index in [0.717, 1.165) is 23.2 Å². The summed E-state index contributed by atoms with van der Waals surface area (Å²) >= 11 is 3.52. The van der Waals surface area contributed by atoms with Crippen LogP contribution in [0.25, 0.3) is 0 Å². The van der Waals surface area contributed by atoms with Gasteiger partial charge in [-0.25, -0.2) is 0 Å². The third kappa shape index (κ3) is 3.24. The summed E-state index contributed by atoms with van der Waals surface area (Å²) < 4.78 is 6.53. The molecule has 96 valence electrons. The molecule has 1 N–H and O–H groups in total. The summed E-state index contributed by atoms with van der Waals surface area (Å²) in [4.78, 5) is 0. The summed E-state index contributed by atoms with van der Waals surface area (Å²) in [5, 5.41) is 3.52. The van der Waals surface area contributed by atoms with E-state index in [-0.39, 0.29) is 0 Å². The smallest absolute Gasteiger partial charge is 0.105 e. The van der Waals surface area contributed by atoms with Gasteiger partial charge in [-0.3, -0.25) is 0 Å². The fourth-order valence-electron chi connectivity index (χ4n) is 2.19. The lowest BCUT2D eigenvalue weighted by Crippen LogP contribution is -2.23. The Morgan fingerprint density at radius 3 is 2.78 bits per heavy atom. The minimum atomic E-state index is 0.308. The van der Waals surface area contributed by atoms with Gasteiger partial charge in [-0.15, -0.1) is 0 Å². The Hall–Kier alpha value is -1.06. The molecule has 0 aliphatic rings. The number of furan rings is 1. The second-order valence-electron chi connectivity index (χ2n) is 4.38. The number of hydrogen-bond acceptors (Lipinski definition) is 2. The number of rotatable bonds is 5. The predicted octanol–water partition coefficient (Wildman–Crippen LogP) is 4.24. The fourth-order valence-corrected chi connectivity index (χ4v) is 2.64. The van der Waals surface area contributed by atoms with Crippen LogP contribution in [0.1, 0.15) is 29.9 Å². The highest BCUT2D eigenvalue weighted by atomic mass is 79.9. The molecule has 0 fully saturated rings. The van der Waals surface area contributed by atoms with E-state index in [4.69, 9.17) is 4.42 Å². The average molecular weight is 308 g/mol. The Labute approximate surface area is 117 Å². The van der Waals surface area contributed by atoms with Gasteiger partial charge >= 0.3 is 0 Å². The molecule has 2 aromatic rings. The zero-order valence-electron chi connectivity index (χ0n) is 10.7. The van der Waals surface area contributed by atoms with E-state index in [1.165, 1.54) is 11.1 Å². The van der Waals surface area contributed by atoms with Crippen LogP contribution in [0.4, 0.5) is 0 Å². The predicted molar refractivity (Wildman–Crippen MR) is 77.7 cm³/mol. The maximum atomic E-state index is 5.40. The summed E-state index contributed by atoms with van der Waals surface area (Å²) in [6, 6.07) is 10.8. The lowest BCUT2D eigenvalue weighted by atomic mass is 9.99. The summed E-state index contributed by atoms with van der Waals surface area (Å²) in [6.07, 6.45) is 2.73. The molecule has 1 atom stereocenters. The van der Waals surface area contributed by atoms with E-state index in [1.54, 1.807) is 6.26 Å². The molecule has 1 heterocycles. The fraction of sp³-hybridized carbons (Fsp3) is 0.333. The van der Waals surface area contributed by atoms with Crippen LogP contribution in [0, 0.1) is 6.92 Å². The third-order valence-electron chi connectivity index (χ3n) is 3.05. The highest BCUT2D eigenvalue weighted by molar-refractivity contribution is 9.10. The Balaban J connectivity index is 2.19. The molecule has 3 heteroatoms. The van der Waals surface area contributed by atoms with Crippen molar-refractivity contribution in [3.05, 3.63) is 58.0 Å². The van der Waals surface area contributed by atoms with Crippen LogP contribution in [0.2, 0.25) is 0 Å². The first kappa shape index (κ1) is 13.4. The zero-order chi connectivity index (χ0) is 13.0. The second-order valence-corrected chi connectivity index (χ2v) is 5.29. The van der Waals surface area contributed by atoms with E-state index >= 15 is 0 Å². The number of halogens is 1. The first-order valence-electron chi connectivity index (χ1n) is 6.22. The lowest BCUT2D eigenvalue weighted by molar-refractivity contribution is 0.501. The quantitative estimate of drug-likeness (QED) is 0.893. The first-order chi connectivity index (χ1) is 8.70. The molecule has 0 bridgehead atoms. The minimum Gasteiger partial charge on any atom is -0.469 e. The molecule has 2 rings (SSSR count). The van der Waals surface area contributed by atoms with Crippen molar-refractivity contribution in [3.8, 4) is 0 Å². The van der Waals surface area contributed by atoms with Crippen molar-refractivity contribution in [3.63, 3.8) is 0 Å². The van der Waals surface area contributed by atoms with Crippen molar-refractivity contribution in [2.24, 2.45) is 0 Å². The van der Waals surface area contributed by atoms with Crippen molar-refractivity contribution >= 4 is 15.9 Å². The summed E-state index contributed by atoms with van der Waals surface area (Å²) in [5.74, 6) is 0.996. The van der Waals surface area contributed by atoms with Gasteiger partial charge in [-0.2, -0.15) is 0 Å². The molecule has 0 aliphatic heterocycles. The summed E-state index contributed by atoms with van der Waals surface area (Å²) in [5.41, 5.74) is 2.56. The van der Waals surface area contributed by atoms with E-state index < -0.39 is 0 Å². The number of nitrogens with one attached hydrogen (secondary N) is 1. The molecule has 0 saturated carbocycles. The molecular weight excluding hydrogens is 290 g/mol. The third-order valence-corrected chi connectivity index (χ3v) is 3.55. The van der Waals surface area contributed by atoms with Crippen LogP contribution in [-0.4, -0.2) is 6.54 Å². The van der Waals surface area contributed by atoms with Crippen molar-refractivity contribution in [2.75, 3.05) is 6.54 Å². The molecule has 1 unspecified atom stereocenters. The van der Waals surface area contributed by atoms with Gasteiger partial charge in [-0.05, 0) is 43.7 Å². The van der Waals surface area contributed by atoms with Gasteiger partial charge in [0.25, 0.3) is 0 Å². The Bertz CT molecular complexity index is 507. The van der Waals surface area contributed by atoms with Crippen LogP contribution >= 0.6 is 15.9 Å². The van der Waals surface area contributed by atoms with Crippen LogP contribution in [0.15, 0.2) is 45.5 Å². The highest BCUT2D eigenvalue weighted by Crippen LogP contribution is 2.23. The number of hydrogen-bond donors (Lipinski definition) is 1. The van der Waals surface area contributed by atoms with Crippen molar-refractivity contribution < 1.29 is 4.42 Å². The first-order valence-corrected chi connectivity index (χ1v) is 7.01. The Kier molecular flexibility index (Phi) is 4.61. The van der Waals surface area contributed by atoms with Gasteiger partial charge in [0.1, 0.15) is 5.76 Å². The Morgan fingerprint density at radius 1 is 1.33 bits per heavy atom. The molecule has 0 saturated heterocycles. The highest BCUT2D eigenvalue weighted by Gasteiger charge is 2.15. The van der Waals surface area contributed by atoms with Gasteiger partial charge in [0.05, 0.1) is 6.26 Å². The molecule has 1 aromatic carbocycles. The van der Waals surface area contributed by atoms with Gasteiger partial charge < -0.3 is 9.73 Å². The largest absolute Gasteiger partial charge is 0.469 e. The van der Waals surface area contributed by atoms with E-state index in [0.29, 0.717) is 6.04 Å². The number of likely N-dealkylation sites (N-methyl/N-ethyl adjacent to an activating group) is 1. The SMILES string of the molecule is CCNC(Cc1cccc(Br)c1)c1ccoc1C. The van der Waals surface area contributed by atoms with Crippen LogP contribution in [0.3, 0.4) is 0 Å². The lowest BCUT2D eigenvalue weighted by Gasteiger charge is -2.17. The number of benzene rings is 1. The van der Waals surface area contributed by atoms with E-state index in [9.17, 15) is 0 Å². The maximum absolute atomic E-state index is 5.40. The molecule has 0 spiro atoms. The topological polar surface area (TPSA) is 25.2 Å². The van der Waals surface area contributed by atoms with E-state index in [2.05, 4.69) is 58.5 Å². The molecule has 1 aromatic heterocycles. The minimum absolute atomic E-state index is 0.308. The maximum Gasteiger partial charge on any atom is 0.105 e. The molecular formula is C15H18BrNO. The van der Waals surface area contributed by atoms with Gasteiger partial charge in [0.15, 0.2) is 0 Å². The molecule has 2 nitrogen and oxygen atoms in total. The molecule has 0 radical (unpaired) electrons. The van der Waals surface area contributed by atoms with E-state index in [1.807, 2.05) is 6.92 Å². The molecule has 0 aliphatic carbocycles. The normalized spacial score (nSPS) is 12.6. The monoisotopic (exact) mass is 307 g/mol. The van der Waals surface area contributed by atoms with Gasteiger partial charge in [-0.1, -0.05) is 35.0 Å². The number of aryl methyl sites for hydroxylation is 1. The summed E-state index contributed by atoms with van der Waals surface area (Å²) in [6.45, 7) is 5.09. The average Bonchev–Trinajstić information content (AvgIpc) is 2.75. The van der Waals surface area contributed by atoms with Crippen LogP contribution in [-0.2, 0) is 6.42 Å². The van der Waals surface area contributed by atoms with Crippen molar-refractivity contribution in [1.29, 1.82) is 0 Å². The second kappa shape index (κ2) is 6.21. The van der Waals surface area contributed by atoms with Crippen LogP contribution in [0.5, 0.6) is 0 Å². The Morgan fingerprint density at radius 2 is 2.17 bits per heavy atom. The molecule has 18 heavy (non-hydrogen) atoms. The van der Waals surface area contributed by atoms with Crippen LogP contribution < -0.4 is 5.32 Å². The van der Waals surface area contributed by atoms with Gasteiger partial charge in [0, 0.05) is 16.1 Å². The molecule has 0 amide bonds. The summed E-state index contributed by atoms with van der Waals surface area (Å²) in [7, 11) is 0.